The molecular weight excluding hydrogens is 110 g/mol. The number of hydrogen-bond donors (Lipinski definition) is 1. The van der Waals surface area contributed by atoms with Crippen molar-refractivity contribution in [1.82, 2.24) is 0 Å². The number of hydrogen-bond acceptors (Lipinski definition) is 1. The molecule has 1 nitrogen and oxygen atoms in total. The minimum atomic E-state index is 0.0139. The van der Waals surface area contributed by atoms with E-state index >= 15 is 0 Å². The molecule has 0 radical (unpaired) electrons. The third-order valence-electron chi connectivity index (χ3n) is 2.45. The first kappa shape index (κ1) is 6.81. The van der Waals surface area contributed by atoms with Gasteiger partial charge in [-0.2, -0.15) is 0 Å². The molecule has 0 aromatic heterocycles. The van der Waals surface area contributed by atoms with Crippen LogP contribution in [0.15, 0.2) is 12.2 Å². The lowest BCUT2D eigenvalue weighted by molar-refractivity contribution is 0.374. The maximum Gasteiger partial charge on any atom is 0.0365 e. The van der Waals surface area contributed by atoms with Crippen LogP contribution in [-0.4, -0.2) is 5.54 Å². The summed E-state index contributed by atoms with van der Waals surface area (Å²) in [6, 6.07) is 0. The Labute approximate surface area is 56.9 Å². The van der Waals surface area contributed by atoms with Gasteiger partial charge in [0, 0.05) is 5.54 Å². The number of nitrogens with two attached hydrogens (primary N) is 1. The molecule has 0 heterocycles. The van der Waals surface area contributed by atoms with Crippen molar-refractivity contribution in [1.29, 1.82) is 0 Å². The Hall–Kier alpha value is -0.300. The summed E-state index contributed by atoms with van der Waals surface area (Å²) in [6.07, 6.45) is 6.56. The summed E-state index contributed by atoms with van der Waals surface area (Å²) in [5, 5.41) is 0. The van der Waals surface area contributed by atoms with Crippen molar-refractivity contribution in [2.45, 2.75) is 32.2 Å². The lowest BCUT2D eigenvalue weighted by Crippen LogP contribution is -2.40. The molecule has 0 aromatic rings. The van der Waals surface area contributed by atoms with Gasteiger partial charge in [0.05, 0.1) is 0 Å². The van der Waals surface area contributed by atoms with Crippen LogP contribution in [-0.2, 0) is 0 Å². The molecule has 0 amide bonds. The molecule has 0 spiro atoms. The first-order valence-corrected chi connectivity index (χ1v) is 3.65. The fourth-order valence-corrected chi connectivity index (χ4v) is 1.34. The smallest absolute Gasteiger partial charge is 0.0365 e. The van der Waals surface area contributed by atoms with Crippen LogP contribution in [0, 0.1) is 5.92 Å². The van der Waals surface area contributed by atoms with E-state index in [1.807, 2.05) is 0 Å². The van der Waals surface area contributed by atoms with Gasteiger partial charge in [-0.15, -0.1) is 0 Å². The normalized spacial score (nSPS) is 41.9. The Kier molecular flexibility index (Phi) is 1.62. The van der Waals surface area contributed by atoms with Crippen molar-refractivity contribution in [2.24, 2.45) is 11.7 Å². The molecule has 2 atom stereocenters. The molecule has 9 heavy (non-hydrogen) atoms. The largest absolute Gasteiger partial charge is 0.322 e. The van der Waals surface area contributed by atoms with Crippen LogP contribution in [0.25, 0.3) is 0 Å². The highest BCUT2D eigenvalue weighted by molar-refractivity contribution is 5.13. The van der Waals surface area contributed by atoms with Crippen LogP contribution in [0.4, 0.5) is 0 Å². The minimum Gasteiger partial charge on any atom is -0.322 e. The second-order valence-corrected chi connectivity index (χ2v) is 3.01. The Morgan fingerprint density at radius 1 is 1.78 bits per heavy atom. The van der Waals surface area contributed by atoms with E-state index in [0.717, 1.165) is 12.8 Å². The molecule has 0 aromatic carbocycles. The van der Waals surface area contributed by atoms with Crippen molar-refractivity contribution in [3.63, 3.8) is 0 Å². The molecular formula is C8H15N. The van der Waals surface area contributed by atoms with E-state index in [9.17, 15) is 0 Å². The topological polar surface area (TPSA) is 26.0 Å². The summed E-state index contributed by atoms with van der Waals surface area (Å²) in [4.78, 5) is 0. The van der Waals surface area contributed by atoms with Crippen LogP contribution < -0.4 is 5.73 Å². The highest BCUT2D eigenvalue weighted by atomic mass is 14.7. The Balaban J connectivity index is 2.66. The van der Waals surface area contributed by atoms with Crippen molar-refractivity contribution in [3.05, 3.63) is 12.2 Å². The van der Waals surface area contributed by atoms with Gasteiger partial charge >= 0.3 is 0 Å². The molecule has 1 aliphatic rings. The fourth-order valence-electron chi connectivity index (χ4n) is 1.34. The molecule has 1 aliphatic carbocycles. The quantitative estimate of drug-likeness (QED) is 0.530. The minimum absolute atomic E-state index is 0.0139. The van der Waals surface area contributed by atoms with Crippen molar-refractivity contribution in [3.8, 4) is 0 Å². The molecule has 1 heteroatoms. The molecule has 0 saturated heterocycles. The highest BCUT2D eigenvalue weighted by Gasteiger charge is 2.29. The zero-order valence-electron chi connectivity index (χ0n) is 6.22. The second-order valence-electron chi connectivity index (χ2n) is 3.01. The van der Waals surface area contributed by atoms with Gasteiger partial charge in [0.15, 0.2) is 0 Å². The molecule has 0 fully saturated rings. The zero-order valence-corrected chi connectivity index (χ0v) is 6.22. The third kappa shape index (κ3) is 1.01. The van der Waals surface area contributed by atoms with E-state index in [-0.39, 0.29) is 5.54 Å². The summed E-state index contributed by atoms with van der Waals surface area (Å²) >= 11 is 0. The predicted octanol–water partition coefficient (Wildman–Crippen LogP) is 1.69. The molecule has 0 aliphatic heterocycles. The molecule has 2 N–H and O–H groups in total. The molecule has 2 unspecified atom stereocenters. The van der Waals surface area contributed by atoms with Crippen LogP contribution in [0.5, 0.6) is 0 Å². The zero-order chi connectivity index (χ0) is 6.91. The van der Waals surface area contributed by atoms with Gasteiger partial charge in [-0.3, -0.25) is 0 Å². The molecule has 52 valence electrons. The lowest BCUT2D eigenvalue weighted by atomic mass is 9.87. The number of allylic oxidation sites excluding steroid dienone is 1. The molecule has 1 rings (SSSR count). The molecule has 0 saturated carbocycles. The van der Waals surface area contributed by atoms with E-state index in [0.29, 0.717) is 5.92 Å². The molecule has 0 bridgehead atoms. The highest BCUT2D eigenvalue weighted by Crippen LogP contribution is 2.28. The Bertz CT molecular complexity index is 129. The third-order valence-corrected chi connectivity index (χ3v) is 2.45. The monoisotopic (exact) mass is 125 g/mol. The van der Waals surface area contributed by atoms with Gasteiger partial charge in [-0.1, -0.05) is 26.0 Å². The Morgan fingerprint density at radius 3 is 2.67 bits per heavy atom. The van der Waals surface area contributed by atoms with E-state index in [1.165, 1.54) is 0 Å². The van der Waals surface area contributed by atoms with Crippen LogP contribution in [0.1, 0.15) is 26.7 Å². The first-order chi connectivity index (χ1) is 4.19. The van der Waals surface area contributed by atoms with E-state index in [2.05, 4.69) is 26.0 Å². The van der Waals surface area contributed by atoms with Crippen LogP contribution >= 0.6 is 0 Å². The lowest BCUT2D eigenvalue weighted by Gasteiger charge is -2.25. The van der Waals surface area contributed by atoms with Crippen molar-refractivity contribution in [2.75, 3.05) is 0 Å². The van der Waals surface area contributed by atoms with Crippen LogP contribution in [0.3, 0.4) is 0 Å². The number of rotatable bonds is 1. The maximum absolute atomic E-state index is 6.02. The summed E-state index contributed by atoms with van der Waals surface area (Å²) in [6.45, 7) is 4.36. The van der Waals surface area contributed by atoms with E-state index < -0.39 is 0 Å². The Morgan fingerprint density at radius 2 is 2.44 bits per heavy atom. The van der Waals surface area contributed by atoms with Gasteiger partial charge in [-0.05, 0) is 18.8 Å². The average Bonchev–Trinajstić information content (AvgIpc) is 2.15. The SMILES string of the molecule is CCC1(N)C=CCC1C. The predicted molar refractivity (Wildman–Crippen MR) is 40.1 cm³/mol. The first-order valence-electron chi connectivity index (χ1n) is 3.65. The summed E-state index contributed by atoms with van der Waals surface area (Å²) in [7, 11) is 0. The van der Waals surface area contributed by atoms with Gasteiger partial charge in [0.25, 0.3) is 0 Å². The summed E-state index contributed by atoms with van der Waals surface area (Å²) in [5.41, 5.74) is 6.03. The van der Waals surface area contributed by atoms with Gasteiger partial charge in [-0.25, -0.2) is 0 Å². The van der Waals surface area contributed by atoms with E-state index in [4.69, 9.17) is 5.73 Å². The standard InChI is InChI=1S/C8H15N/c1-3-8(9)6-4-5-7(8)2/h4,6-7H,3,5,9H2,1-2H3. The van der Waals surface area contributed by atoms with Gasteiger partial charge < -0.3 is 5.73 Å². The van der Waals surface area contributed by atoms with Gasteiger partial charge in [0.2, 0.25) is 0 Å². The van der Waals surface area contributed by atoms with Crippen molar-refractivity contribution >= 4 is 0 Å². The average molecular weight is 125 g/mol. The fraction of sp³-hybridized carbons (Fsp3) is 0.750. The summed E-state index contributed by atoms with van der Waals surface area (Å²) < 4.78 is 0. The van der Waals surface area contributed by atoms with E-state index in [1.54, 1.807) is 0 Å². The van der Waals surface area contributed by atoms with Gasteiger partial charge in [0.1, 0.15) is 0 Å². The van der Waals surface area contributed by atoms with Crippen LogP contribution in [0.2, 0.25) is 0 Å². The van der Waals surface area contributed by atoms with Crippen molar-refractivity contribution < 1.29 is 0 Å². The maximum atomic E-state index is 6.02. The summed E-state index contributed by atoms with van der Waals surface area (Å²) in [5.74, 6) is 0.641. The second kappa shape index (κ2) is 2.14.